The zero-order chi connectivity index (χ0) is 21.6. The van der Waals surface area contributed by atoms with Gasteiger partial charge in [0.25, 0.3) is 5.91 Å². The number of aryl methyl sites for hydroxylation is 1. The molecule has 1 amide bonds. The Morgan fingerprint density at radius 1 is 0.968 bits per heavy atom. The van der Waals surface area contributed by atoms with E-state index in [0.717, 1.165) is 10.8 Å². The number of carbonyl (C=O) groups excluding carboxylic acids is 1. The molecule has 3 heterocycles. The number of aromatic nitrogens is 3. The van der Waals surface area contributed by atoms with Gasteiger partial charge >= 0.3 is 0 Å². The molecule has 0 spiro atoms. The molecule has 31 heavy (non-hydrogen) atoms. The highest BCUT2D eigenvalue weighted by Gasteiger charge is 2.32. The smallest absolute Gasteiger partial charge is 0.259 e. The second-order valence-corrected chi connectivity index (χ2v) is 9.49. The largest absolute Gasteiger partial charge is 0.336 e. The monoisotopic (exact) mass is 435 g/mol. The highest BCUT2D eigenvalue weighted by molar-refractivity contribution is 7.89. The summed E-state index contributed by atoms with van der Waals surface area (Å²) in [6, 6.07) is 14.6. The molecule has 5 rings (SSSR count). The maximum absolute atomic E-state index is 13.2. The van der Waals surface area contributed by atoms with E-state index in [1.54, 1.807) is 46.9 Å². The van der Waals surface area contributed by atoms with E-state index < -0.39 is 10.0 Å². The summed E-state index contributed by atoms with van der Waals surface area (Å²) in [5.74, 6) is -0.172. The van der Waals surface area contributed by atoms with Crippen molar-refractivity contribution in [3.8, 4) is 0 Å². The molecule has 1 aliphatic heterocycles. The van der Waals surface area contributed by atoms with E-state index in [9.17, 15) is 13.2 Å². The summed E-state index contributed by atoms with van der Waals surface area (Å²) < 4.78 is 29.4. The summed E-state index contributed by atoms with van der Waals surface area (Å²) in [7, 11) is -3.63. The Kier molecular flexibility index (Phi) is 4.71. The number of fused-ring (bicyclic) bond motifs is 2. The van der Waals surface area contributed by atoms with Crippen LogP contribution >= 0.6 is 0 Å². The van der Waals surface area contributed by atoms with Gasteiger partial charge in [-0.25, -0.2) is 17.9 Å². The lowest BCUT2D eigenvalue weighted by Crippen LogP contribution is -2.50. The average Bonchev–Trinajstić information content (AvgIpc) is 3.14. The van der Waals surface area contributed by atoms with Crippen molar-refractivity contribution in [3.05, 3.63) is 72.2 Å². The standard InChI is InChI=1S/C22H21N5O3S/c1-16-20(21-23-9-4-10-27(21)24-16)22(28)25-11-13-26(14-12-25)31(29,30)19-8-7-17-5-2-3-6-18(17)15-19/h2-10,15H,11-14H2,1H3. The van der Waals surface area contributed by atoms with Gasteiger partial charge in [-0.3, -0.25) is 4.79 Å². The molecule has 158 valence electrons. The van der Waals surface area contributed by atoms with Crippen LogP contribution in [-0.4, -0.2) is 64.3 Å². The molecule has 2 aromatic carbocycles. The highest BCUT2D eigenvalue weighted by atomic mass is 32.2. The van der Waals surface area contributed by atoms with Crippen LogP contribution in [0.1, 0.15) is 16.1 Å². The summed E-state index contributed by atoms with van der Waals surface area (Å²) in [5, 5.41) is 6.23. The number of sulfonamides is 1. The quantitative estimate of drug-likeness (QED) is 0.493. The second-order valence-electron chi connectivity index (χ2n) is 7.55. The van der Waals surface area contributed by atoms with Gasteiger partial charge in [-0.05, 0) is 35.9 Å². The Bertz CT molecular complexity index is 1410. The lowest BCUT2D eigenvalue weighted by molar-refractivity contribution is 0.0699. The predicted octanol–water partition coefficient (Wildman–Crippen LogP) is 2.34. The molecule has 1 saturated heterocycles. The SMILES string of the molecule is Cc1nn2cccnc2c1C(=O)N1CCN(S(=O)(=O)c2ccc3ccccc3c2)CC1. The highest BCUT2D eigenvalue weighted by Crippen LogP contribution is 2.24. The number of rotatable bonds is 3. The molecule has 0 atom stereocenters. The molecule has 8 nitrogen and oxygen atoms in total. The Morgan fingerprint density at radius 3 is 2.48 bits per heavy atom. The van der Waals surface area contributed by atoms with Crippen LogP contribution in [0, 0.1) is 6.92 Å². The molecule has 1 aliphatic rings. The number of carbonyl (C=O) groups is 1. The molecule has 0 bridgehead atoms. The van der Waals surface area contributed by atoms with Gasteiger partial charge in [-0.2, -0.15) is 9.40 Å². The van der Waals surface area contributed by atoms with E-state index in [1.807, 2.05) is 30.3 Å². The van der Waals surface area contributed by atoms with Gasteiger partial charge in [0.1, 0.15) is 5.56 Å². The van der Waals surface area contributed by atoms with Crippen LogP contribution in [0.2, 0.25) is 0 Å². The first kappa shape index (κ1) is 19.7. The summed E-state index contributed by atoms with van der Waals surface area (Å²) in [6.45, 7) is 2.89. The molecule has 0 radical (unpaired) electrons. The van der Waals surface area contributed by atoms with Gasteiger partial charge < -0.3 is 4.90 Å². The topological polar surface area (TPSA) is 87.9 Å². The molecular weight excluding hydrogens is 414 g/mol. The molecule has 0 saturated carbocycles. The van der Waals surface area contributed by atoms with Crippen LogP contribution in [0.4, 0.5) is 0 Å². The van der Waals surface area contributed by atoms with E-state index in [0.29, 0.717) is 30.0 Å². The van der Waals surface area contributed by atoms with Gasteiger partial charge in [0.15, 0.2) is 5.65 Å². The van der Waals surface area contributed by atoms with Crippen LogP contribution < -0.4 is 0 Å². The second kappa shape index (κ2) is 7.44. The Morgan fingerprint density at radius 2 is 1.71 bits per heavy atom. The van der Waals surface area contributed by atoms with Crippen molar-refractivity contribution in [1.82, 2.24) is 23.8 Å². The van der Waals surface area contributed by atoms with E-state index in [1.165, 1.54) is 4.31 Å². The summed E-state index contributed by atoms with van der Waals surface area (Å²) in [4.78, 5) is 19.4. The van der Waals surface area contributed by atoms with Crippen LogP contribution in [0.15, 0.2) is 65.8 Å². The molecule has 2 aromatic heterocycles. The van der Waals surface area contributed by atoms with E-state index in [4.69, 9.17) is 0 Å². The fraction of sp³-hybridized carbons (Fsp3) is 0.227. The van der Waals surface area contributed by atoms with Crippen molar-refractivity contribution in [2.24, 2.45) is 0 Å². The number of hydrogen-bond donors (Lipinski definition) is 0. The fourth-order valence-corrected chi connectivity index (χ4v) is 5.47. The molecule has 0 aliphatic carbocycles. The van der Waals surface area contributed by atoms with Crippen LogP contribution in [0.25, 0.3) is 16.4 Å². The van der Waals surface area contributed by atoms with Gasteiger partial charge in [0, 0.05) is 38.6 Å². The van der Waals surface area contributed by atoms with Gasteiger partial charge in [-0.1, -0.05) is 30.3 Å². The zero-order valence-corrected chi connectivity index (χ0v) is 17.8. The van der Waals surface area contributed by atoms with Crippen molar-refractivity contribution < 1.29 is 13.2 Å². The molecular formula is C22H21N5O3S. The summed E-state index contributed by atoms with van der Waals surface area (Å²) in [6.07, 6.45) is 3.38. The number of nitrogens with zero attached hydrogens (tertiary/aromatic N) is 5. The minimum absolute atomic E-state index is 0.172. The van der Waals surface area contributed by atoms with Gasteiger partial charge in [0.05, 0.1) is 10.6 Å². The van der Waals surface area contributed by atoms with Crippen molar-refractivity contribution in [2.75, 3.05) is 26.2 Å². The van der Waals surface area contributed by atoms with E-state index in [2.05, 4.69) is 10.1 Å². The Hall–Kier alpha value is -3.30. The maximum Gasteiger partial charge on any atom is 0.259 e. The lowest BCUT2D eigenvalue weighted by Gasteiger charge is -2.34. The molecule has 4 aromatic rings. The van der Waals surface area contributed by atoms with Crippen LogP contribution in [0.3, 0.4) is 0 Å². The molecule has 0 N–H and O–H groups in total. The summed E-state index contributed by atoms with van der Waals surface area (Å²) in [5.41, 5.74) is 1.58. The van der Waals surface area contributed by atoms with Crippen molar-refractivity contribution in [2.45, 2.75) is 11.8 Å². The Labute approximate surface area is 179 Å². The number of benzene rings is 2. The number of amides is 1. The van der Waals surface area contributed by atoms with Gasteiger partial charge in [-0.15, -0.1) is 0 Å². The van der Waals surface area contributed by atoms with Crippen molar-refractivity contribution >= 4 is 32.4 Å². The number of piperazine rings is 1. The first-order valence-corrected chi connectivity index (χ1v) is 11.5. The lowest BCUT2D eigenvalue weighted by atomic mass is 10.1. The first-order valence-electron chi connectivity index (χ1n) is 10.0. The first-order chi connectivity index (χ1) is 14.9. The van der Waals surface area contributed by atoms with E-state index >= 15 is 0 Å². The van der Waals surface area contributed by atoms with E-state index in [-0.39, 0.29) is 23.9 Å². The third-order valence-electron chi connectivity index (χ3n) is 5.67. The molecule has 9 heteroatoms. The van der Waals surface area contributed by atoms with Crippen molar-refractivity contribution in [1.29, 1.82) is 0 Å². The zero-order valence-electron chi connectivity index (χ0n) is 17.0. The average molecular weight is 436 g/mol. The molecule has 0 unspecified atom stereocenters. The van der Waals surface area contributed by atoms with Gasteiger partial charge in [0.2, 0.25) is 10.0 Å². The van der Waals surface area contributed by atoms with Crippen molar-refractivity contribution in [3.63, 3.8) is 0 Å². The van der Waals surface area contributed by atoms with Crippen LogP contribution in [0.5, 0.6) is 0 Å². The summed E-state index contributed by atoms with van der Waals surface area (Å²) >= 11 is 0. The normalized spacial score (nSPS) is 15.6. The molecule has 1 fully saturated rings. The predicted molar refractivity (Wildman–Crippen MR) is 116 cm³/mol. The Balaban J connectivity index is 1.35. The minimum atomic E-state index is -3.63. The minimum Gasteiger partial charge on any atom is -0.336 e. The number of hydrogen-bond acceptors (Lipinski definition) is 5. The third-order valence-corrected chi connectivity index (χ3v) is 7.56. The van der Waals surface area contributed by atoms with Crippen LogP contribution in [-0.2, 0) is 10.0 Å². The maximum atomic E-state index is 13.2. The fourth-order valence-electron chi connectivity index (χ4n) is 4.01. The third kappa shape index (κ3) is 3.35.